The number of furan rings is 1. The average Bonchev–Trinajstić information content (AvgIpc) is 3.49. The van der Waals surface area contributed by atoms with Crippen LogP contribution in [0.4, 0.5) is 5.69 Å². The lowest BCUT2D eigenvalue weighted by molar-refractivity contribution is -0.116. The minimum absolute atomic E-state index is 0.0736. The van der Waals surface area contributed by atoms with E-state index in [0.29, 0.717) is 16.7 Å². The fourth-order valence-corrected chi connectivity index (χ4v) is 5.51. The van der Waals surface area contributed by atoms with Gasteiger partial charge in [-0.2, -0.15) is 0 Å². The normalized spacial score (nSPS) is 17.0. The SMILES string of the molecule is Cc1ccccc1NC(=O)CCN1C(=S)NC(c2ccccn2)C1c1ccc(Sc2ccc(Cl)cc2)o1. The predicted octanol–water partition coefficient (Wildman–Crippen LogP) is 6.79. The number of amides is 1. The van der Waals surface area contributed by atoms with Crippen molar-refractivity contribution in [2.45, 2.75) is 35.4 Å². The first-order chi connectivity index (χ1) is 18.0. The molecule has 2 unspecified atom stereocenters. The van der Waals surface area contributed by atoms with Crippen LogP contribution in [0.5, 0.6) is 0 Å². The van der Waals surface area contributed by atoms with E-state index in [2.05, 4.69) is 15.6 Å². The molecule has 6 nitrogen and oxygen atoms in total. The van der Waals surface area contributed by atoms with Gasteiger partial charge in [0.15, 0.2) is 10.2 Å². The number of nitrogens with one attached hydrogen (secondary N) is 2. The molecule has 3 heterocycles. The Morgan fingerprint density at radius 2 is 1.89 bits per heavy atom. The molecule has 1 saturated heterocycles. The number of carbonyl (C=O) groups is 1. The summed E-state index contributed by atoms with van der Waals surface area (Å²) in [5.41, 5.74) is 2.68. The maximum Gasteiger partial charge on any atom is 0.226 e. The molecule has 37 heavy (non-hydrogen) atoms. The Kier molecular flexibility index (Phi) is 7.79. The van der Waals surface area contributed by atoms with Gasteiger partial charge < -0.3 is 20.0 Å². The summed E-state index contributed by atoms with van der Waals surface area (Å²) in [4.78, 5) is 20.4. The molecule has 2 aromatic carbocycles. The highest BCUT2D eigenvalue weighted by Gasteiger charge is 2.41. The molecular weight excluding hydrogens is 524 g/mol. The van der Waals surface area contributed by atoms with Gasteiger partial charge in [0.1, 0.15) is 11.8 Å². The van der Waals surface area contributed by atoms with E-state index in [0.717, 1.165) is 32.7 Å². The molecule has 9 heteroatoms. The van der Waals surface area contributed by atoms with Gasteiger partial charge in [0.2, 0.25) is 5.91 Å². The number of nitrogens with zero attached hydrogens (tertiary/aromatic N) is 2. The standard InChI is InChI=1S/C28H25ClN4O2S2/c1-18-6-2-3-7-21(18)31-24(34)15-17-33-27(26(32-28(33)36)22-8-4-5-16-30-22)23-13-14-25(35-23)37-20-11-9-19(29)10-12-20/h2-14,16,26-27H,15,17H2,1H3,(H,31,34)(H,32,36). The molecule has 1 fully saturated rings. The lowest BCUT2D eigenvalue weighted by Gasteiger charge is -2.25. The number of rotatable bonds is 8. The van der Waals surface area contributed by atoms with Gasteiger partial charge in [-0.25, -0.2) is 0 Å². The number of para-hydroxylation sites is 1. The Hall–Kier alpha value is -3.33. The van der Waals surface area contributed by atoms with E-state index in [1.807, 2.05) is 90.7 Å². The van der Waals surface area contributed by atoms with Crippen molar-refractivity contribution in [3.05, 3.63) is 107 Å². The van der Waals surface area contributed by atoms with E-state index in [4.69, 9.17) is 28.2 Å². The quantitative estimate of drug-likeness (QED) is 0.235. The molecule has 0 spiro atoms. The van der Waals surface area contributed by atoms with Crippen LogP contribution in [0.1, 0.15) is 35.5 Å². The summed E-state index contributed by atoms with van der Waals surface area (Å²) in [6, 6.07) is 24.6. The molecule has 1 aliphatic rings. The lowest BCUT2D eigenvalue weighted by Crippen LogP contribution is -2.32. The van der Waals surface area contributed by atoms with Crippen LogP contribution >= 0.6 is 35.6 Å². The Labute approximate surface area is 230 Å². The number of hydrogen-bond donors (Lipinski definition) is 2. The Bertz CT molecular complexity index is 1390. The number of thiocarbonyl (C=S) groups is 1. The fourth-order valence-electron chi connectivity index (χ4n) is 4.27. The zero-order valence-electron chi connectivity index (χ0n) is 20.1. The van der Waals surface area contributed by atoms with E-state index < -0.39 is 0 Å². The zero-order chi connectivity index (χ0) is 25.8. The van der Waals surface area contributed by atoms with Gasteiger partial charge >= 0.3 is 0 Å². The van der Waals surface area contributed by atoms with Crippen molar-refractivity contribution >= 4 is 52.3 Å². The Balaban J connectivity index is 1.36. The smallest absolute Gasteiger partial charge is 0.226 e. The van der Waals surface area contributed by atoms with Crippen LogP contribution < -0.4 is 10.6 Å². The van der Waals surface area contributed by atoms with Crippen LogP contribution in [0.3, 0.4) is 0 Å². The molecule has 2 aromatic heterocycles. The summed E-state index contributed by atoms with van der Waals surface area (Å²) in [5.74, 6) is 0.675. The summed E-state index contributed by atoms with van der Waals surface area (Å²) in [6.45, 7) is 2.40. The van der Waals surface area contributed by atoms with Gasteiger partial charge in [-0.15, -0.1) is 0 Å². The van der Waals surface area contributed by atoms with Crippen molar-refractivity contribution in [3.63, 3.8) is 0 Å². The van der Waals surface area contributed by atoms with Crippen molar-refractivity contribution in [3.8, 4) is 0 Å². The van der Waals surface area contributed by atoms with E-state index in [1.165, 1.54) is 11.8 Å². The number of anilines is 1. The molecule has 5 rings (SSSR count). The molecule has 0 radical (unpaired) electrons. The van der Waals surface area contributed by atoms with Crippen LogP contribution in [0, 0.1) is 6.92 Å². The highest BCUT2D eigenvalue weighted by Crippen LogP contribution is 2.41. The maximum absolute atomic E-state index is 12.8. The summed E-state index contributed by atoms with van der Waals surface area (Å²) in [5, 5.41) is 8.41. The molecular formula is C28H25ClN4O2S2. The largest absolute Gasteiger partial charge is 0.452 e. The first kappa shape index (κ1) is 25.3. The van der Waals surface area contributed by atoms with Crippen LogP contribution in [0.25, 0.3) is 0 Å². The van der Waals surface area contributed by atoms with Gasteiger partial charge in [0.05, 0.1) is 11.7 Å². The summed E-state index contributed by atoms with van der Waals surface area (Å²) in [7, 11) is 0. The number of aryl methyl sites for hydroxylation is 1. The van der Waals surface area contributed by atoms with Crippen molar-refractivity contribution in [2.24, 2.45) is 0 Å². The maximum atomic E-state index is 12.8. The van der Waals surface area contributed by atoms with Crippen molar-refractivity contribution in [1.29, 1.82) is 0 Å². The topological polar surface area (TPSA) is 70.4 Å². The van der Waals surface area contributed by atoms with Crippen molar-refractivity contribution in [2.75, 3.05) is 11.9 Å². The number of halogens is 1. The second-order valence-electron chi connectivity index (χ2n) is 8.65. The number of aromatic nitrogens is 1. The van der Waals surface area contributed by atoms with Gasteiger partial charge in [-0.3, -0.25) is 9.78 Å². The summed E-state index contributed by atoms with van der Waals surface area (Å²) in [6.07, 6.45) is 2.04. The number of pyridine rings is 1. The van der Waals surface area contributed by atoms with E-state index in [9.17, 15) is 4.79 Å². The number of hydrogen-bond acceptors (Lipinski definition) is 5. The van der Waals surface area contributed by atoms with Crippen LogP contribution in [0.15, 0.2) is 99.5 Å². The predicted molar refractivity (Wildman–Crippen MR) is 151 cm³/mol. The minimum atomic E-state index is -0.256. The second-order valence-corrected chi connectivity index (χ2v) is 10.5. The van der Waals surface area contributed by atoms with Gasteiger partial charge in [0.25, 0.3) is 0 Å². The average molecular weight is 549 g/mol. The van der Waals surface area contributed by atoms with Crippen molar-refractivity contribution < 1.29 is 9.21 Å². The monoisotopic (exact) mass is 548 g/mol. The molecule has 4 aromatic rings. The number of benzene rings is 2. The van der Waals surface area contributed by atoms with Gasteiger partial charge in [-0.05, 0) is 79.3 Å². The van der Waals surface area contributed by atoms with Crippen LogP contribution in [0.2, 0.25) is 5.02 Å². The first-order valence-electron chi connectivity index (χ1n) is 11.8. The Morgan fingerprint density at radius 3 is 2.65 bits per heavy atom. The van der Waals surface area contributed by atoms with Gasteiger partial charge in [0, 0.05) is 34.8 Å². The van der Waals surface area contributed by atoms with Crippen LogP contribution in [-0.2, 0) is 4.79 Å². The molecule has 1 amide bonds. The van der Waals surface area contributed by atoms with E-state index >= 15 is 0 Å². The third kappa shape index (κ3) is 5.98. The van der Waals surface area contributed by atoms with E-state index in [1.54, 1.807) is 6.20 Å². The molecule has 1 aliphatic heterocycles. The molecule has 2 N–H and O–H groups in total. The summed E-state index contributed by atoms with van der Waals surface area (Å²) < 4.78 is 6.31. The summed E-state index contributed by atoms with van der Waals surface area (Å²) >= 11 is 13.3. The van der Waals surface area contributed by atoms with E-state index in [-0.39, 0.29) is 24.4 Å². The highest BCUT2D eigenvalue weighted by molar-refractivity contribution is 7.99. The molecule has 188 valence electrons. The Morgan fingerprint density at radius 1 is 1.11 bits per heavy atom. The number of carbonyl (C=O) groups excluding carboxylic acids is 1. The van der Waals surface area contributed by atoms with Gasteiger partial charge in [-0.1, -0.05) is 47.6 Å². The molecule has 0 bridgehead atoms. The first-order valence-corrected chi connectivity index (χ1v) is 13.4. The molecule has 0 saturated carbocycles. The fraction of sp³-hybridized carbons (Fsp3) is 0.179. The van der Waals surface area contributed by atoms with Crippen LogP contribution in [-0.4, -0.2) is 27.4 Å². The third-order valence-corrected chi connectivity index (χ3v) is 7.66. The lowest BCUT2D eigenvalue weighted by atomic mass is 10.0. The highest BCUT2D eigenvalue weighted by atomic mass is 35.5. The third-order valence-electron chi connectivity index (χ3n) is 6.12. The molecule has 2 atom stereocenters. The minimum Gasteiger partial charge on any atom is -0.452 e. The zero-order valence-corrected chi connectivity index (χ0v) is 22.4. The second kappa shape index (κ2) is 11.4. The van der Waals surface area contributed by atoms with Crippen molar-refractivity contribution in [1.82, 2.24) is 15.2 Å². The molecule has 0 aliphatic carbocycles.